The molecule has 10 nitrogen and oxygen atoms in total. The Hall–Kier alpha value is -2.05. The van der Waals surface area contributed by atoms with Gasteiger partial charge in [-0.05, 0) is 128 Å². The highest BCUT2D eigenvalue weighted by molar-refractivity contribution is 6.75. The summed E-state index contributed by atoms with van der Waals surface area (Å²) in [7, 11) is -7.13. The van der Waals surface area contributed by atoms with E-state index in [0.29, 0.717) is 30.0 Å². The highest BCUT2D eigenvalue weighted by Gasteiger charge is 2.47. The maximum absolute atomic E-state index is 13.6. The largest absolute Gasteiger partial charge is 0.497 e. The molecule has 1 aromatic rings. The topological polar surface area (TPSA) is 111 Å². The number of cyclic esters (lactones) is 1. The molecule has 74 heavy (non-hydrogen) atoms. The summed E-state index contributed by atoms with van der Waals surface area (Å²) in [5.74, 6) is -0.187. The van der Waals surface area contributed by atoms with Gasteiger partial charge in [-0.2, -0.15) is 0 Å². The number of carbonyl (C=O) groups excluding carboxylic acids is 2. The maximum Gasteiger partial charge on any atom is 0.345 e. The van der Waals surface area contributed by atoms with E-state index in [4.69, 9.17) is 31.9 Å². The Kier molecular flexibility index (Phi) is 24.2. The van der Waals surface area contributed by atoms with Crippen molar-refractivity contribution in [3.8, 4) is 11.5 Å². The fraction of sp³-hybridized carbons (Fsp3) is 0.800. The monoisotopic (exact) mass is 1100 g/mol. The van der Waals surface area contributed by atoms with E-state index in [1.807, 2.05) is 13.0 Å². The summed E-state index contributed by atoms with van der Waals surface area (Å²) in [6, 6.07) is 3.71. The molecular formula is C60H113NO9Si4. The Labute approximate surface area is 458 Å². The number of allylic oxidation sites excluding steroid dienone is 2. The molecule has 0 aliphatic carbocycles. The van der Waals surface area contributed by atoms with E-state index >= 15 is 0 Å². The van der Waals surface area contributed by atoms with E-state index in [9.17, 15) is 9.59 Å². The molecule has 8 atom stereocenters. The zero-order valence-electron chi connectivity index (χ0n) is 52.7. The van der Waals surface area contributed by atoms with Crippen LogP contribution in [0.5, 0.6) is 11.5 Å². The Balaban J connectivity index is 2.50. The number of hydrogen-bond acceptors (Lipinski definition) is 9. The molecule has 1 aliphatic rings. The smallest absolute Gasteiger partial charge is 0.345 e. The van der Waals surface area contributed by atoms with E-state index in [1.54, 1.807) is 27.0 Å². The molecule has 1 aromatic carbocycles. The molecular weight excluding hydrogens is 991 g/mol. The summed E-state index contributed by atoms with van der Waals surface area (Å²) in [6.07, 6.45) is 13.2. The highest BCUT2D eigenvalue weighted by Crippen LogP contribution is 2.45. The fourth-order valence-electron chi connectivity index (χ4n) is 8.28. The number of methoxy groups -OCH3 is 1. The molecule has 0 aromatic heterocycles. The summed E-state index contributed by atoms with van der Waals surface area (Å²) >= 11 is 0. The lowest BCUT2D eigenvalue weighted by molar-refractivity contribution is -0.128. The third kappa shape index (κ3) is 19.1. The number of carbonyl (C=O) groups is 2. The minimum atomic E-state index is -2.26. The van der Waals surface area contributed by atoms with Gasteiger partial charge in [0.25, 0.3) is 0 Å². The summed E-state index contributed by atoms with van der Waals surface area (Å²) in [5, 5.41) is 3.30. The highest BCUT2D eigenvalue weighted by atomic mass is 28.4. The van der Waals surface area contributed by atoms with E-state index in [-0.39, 0.29) is 74.1 Å². The van der Waals surface area contributed by atoms with Crippen molar-refractivity contribution >= 4 is 45.1 Å². The molecule has 0 saturated carbocycles. The molecule has 1 aliphatic heterocycles. The van der Waals surface area contributed by atoms with E-state index in [0.717, 1.165) is 37.7 Å². The van der Waals surface area contributed by atoms with Crippen LogP contribution in [0.2, 0.25) is 72.5 Å². The normalized spacial score (nSPS) is 18.7. The molecule has 0 unspecified atom stereocenters. The SMILES string of the molecule is CCC[C@H](O[Si](C)(C)C(C)(C)C)[C@@H](C)C(=O)NC/C=C\C[C@@H](C)[C@@H](O[Si](C)(C)C(C)(C)C)[C@H](C)[C@H](C/C=C\C[C@H](C)[C@@H](Cc1cc(OC)cc2c1C(=O)OC(C)(C)O2)O[Si](C)(C)C(C)(C)C)O[Si](C)(C)C(C)(C)C. The second-order valence-electron chi connectivity index (χ2n) is 28.6. The molecule has 1 amide bonds. The Morgan fingerprint density at radius 3 is 1.57 bits per heavy atom. The van der Waals surface area contributed by atoms with E-state index in [2.05, 4.69) is 193 Å². The van der Waals surface area contributed by atoms with Crippen molar-refractivity contribution in [3.05, 3.63) is 47.6 Å². The first-order valence-electron chi connectivity index (χ1n) is 28.3. The summed E-state index contributed by atoms with van der Waals surface area (Å²) < 4.78 is 46.7. The van der Waals surface area contributed by atoms with Crippen molar-refractivity contribution in [1.82, 2.24) is 5.32 Å². The maximum atomic E-state index is 13.6. The number of rotatable bonds is 27. The molecule has 1 heterocycles. The molecule has 1 N–H and O–H groups in total. The van der Waals surface area contributed by atoms with Crippen molar-refractivity contribution in [2.45, 2.75) is 273 Å². The predicted molar refractivity (Wildman–Crippen MR) is 322 cm³/mol. The number of esters is 1. The van der Waals surface area contributed by atoms with Crippen LogP contribution in [-0.2, 0) is 33.7 Å². The van der Waals surface area contributed by atoms with Gasteiger partial charge < -0.3 is 37.2 Å². The first-order valence-corrected chi connectivity index (χ1v) is 39.9. The lowest BCUT2D eigenvalue weighted by Crippen LogP contribution is -2.52. The van der Waals surface area contributed by atoms with Gasteiger partial charge in [-0.15, -0.1) is 0 Å². The summed E-state index contributed by atoms with van der Waals surface area (Å²) in [4.78, 5) is 27.2. The van der Waals surface area contributed by atoms with E-state index in [1.165, 1.54) is 0 Å². The van der Waals surface area contributed by atoms with Crippen molar-refractivity contribution < 1.29 is 41.5 Å². The van der Waals surface area contributed by atoms with Gasteiger partial charge in [0.1, 0.15) is 17.1 Å². The van der Waals surface area contributed by atoms with Gasteiger partial charge in [0.2, 0.25) is 11.7 Å². The average Bonchev–Trinajstić information content (AvgIpc) is 3.22. The van der Waals surface area contributed by atoms with Gasteiger partial charge in [0.05, 0.1) is 37.4 Å². The number of fused-ring (bicyclic) bond motifs is 1. The van der Waals surface area contributed by atoms with Gasteiger partial charge in [-0.25, -0.2) is 4.79 Å². The van der Waals surface area contributed by atoms with Crippen LogP contribution in [0.3, 0.4) is 0 Å². The number of benzene rings is 1. The first-order chi connectivity index (χ1) is 33.3. The summed E-state index contributed by atoms with van der Waals surface area (Å²) in [6.45, 7) is 61.1. The Morgan fingerprint density at radius 2 is 1.08 bits per heavy atom. The van der Waals surface area contributed by atoms with Crippen LogP contribution in [0.1, 0.15) is 180 Å². The van der Waals surface area contributed by atoms with Crippen molar-refractivity contribution in [1.29, 1.82) is 0 Å². The van der Waals surface area contributed by atoms with Crippen LogP contribution < -0.4 is 14.8 Å². The number of ether oxygens (including phenoxy) is 3. The van der Waals surface area contributed by atoms with Gasteiger partial charge >= 0.3 is 5.97 Å². The zero-order chi connectivity index (χ0) is 57.4. The second-order valence-corrected chi connectivity index (χ2v) is 47.7. The van der Waals surface area contributed by atoms with Gasteiger partial charge in [0, 0.05) is 32.4 Å². The minimum absolute atomic E-state index is 0.0174. The molecule has 0 spiro atoms. The number of nitrogens with one attached hydrogen (secondary N) is 1. The number of hydrogen-bond donors (Lipinski definition) is 1. The summed E-state index contributed by atoms with van der Waals surface area (Å²) in [5.41, 5.74) is 1.24. The van der Waals surface area contributed by atoms with Crippen molar-refractivity contribution in [2.75, 3.05) is 13.7 Å². The van der Waals surface area contributed by atoms with Crippen LogP contribution in [0.25, 0.3) is 0 Å². The minimum Gasteiger partial charge on any atom is -0.497 e. The zero-order valence-corrected chi connectivity index (χ0v) is 56.7. The molecule has 0 bridgehead atoms. The third-order valence-electron chi connectivity index (χ3n) is 17.7. The van der Waals surface area contributed by atoms with Crippen LogP contribution in [-0.4, -0.2) is 89.0 Å². The fourth-order valence-corrected chi connectivity index (χ4v) is 14.0. The van der Waals surface area contributed by atoms with Crippen LogP contribution in [0.4, 0.5) is 0 Å². The molecule has 0 radical (unpaired) electrons. The molecule has 2 rings (SSSR count). The van der Waals surface area contributed by atoms with E-state index < -0.39 is 45.0 Å². The van der Waals surface area contributed by atoms with Gasteiger partial charge in [0.15, 0.2) is 33.3 Å². The van der Waals surface area contributed by atoms with Gasteiger partial charge in [-0.3, -0.25) is 4.79 Å². The standard InChI is InChI=1S/C60H113NO9Si4/c1-29-34-48(67-71(21,22)56(6,7)8)45(5)54(62)61-38-33-32-36-43(3)53(70-74(27,28)59(15,16)17)44(4)49(68-72(23,24)57(9,10)11)37-31-30-35-42(2)50(69-73(25,26)58(12,13)14)40-46-39-47(64-20)41-51-52(46)55(63)66-60(18,19)65-51/h30-33,39,41-45,48-50,53H,29,34-38,40H2,1-28H3,(H,61,62)/b31-30-,33-32-/t42-,43+,44+,45+,48-,49-,50+,53+/m0/s1. The Morgan fingerprint density at radius 1 is 0.635 bits per heavy atom. The molecule has 0 fully saturated rings. The van der Waals surface area contributed by atoms with Crippen LogP contribution >= 0.6 is 0 Å². The average molecular weight is 1100 g/mol. The quantitative estimate of drug-likeness (QED) is 0.0523. The Bertz CT molecular complexity index is 2020. The van der Waals surface area contributed by atoms with Crippen LogP contribution in [0.15, 0.2) is 36.4 Å². The lowest BCUT2D eigenvalue weighted by Gasteiger charge is -2.46. The third-order valence-corrected chi connectivity index (χ3v) is 35.6. The van der Waals surface area contributed by atoms with Crippen LogP contribution in [0, 0.1) is 23.7 Å². The molecule has 0 saturated heterocycles. The molecule has 14 heteroatoms. The second kappa shape index (κ2) is 26.3. The molecule has 428 valence electrons. The lowest BCUT2D eigenvalue weighted by atomic mass is 9.86. The van der Waals surface area contributed by atoms with Crippen molar-refractivity contribution in [2.24, 2.45) is 23.7 Å². The first kappa shape index (κ1) is 68.1. The predicted octanol–water partition coefficient (Wildman–Crippen LogP) is 16.8. The van der Waals surface area contributed by atoms with Gasteiger partial charge in [-0.1, -0.05) is 148 Å². The van der Waals surface area contributed by atoms with Crippen molar-refractivity contribution in [3.63, 3.8) is 0 Å². The number of amides is 1.